The molecule has 1 fully saturated rings. The molecule has 0 atom stereocenters. The molecule has 0 saturated carbocycles. The van der Waals surface area contributed by atoms with E-state index < -0.39 is 15.5 Å². The number of piperidine rings is 1. The van der Waals surface area contributed by atoms with E-state index in [0.29, 0.717) is 42.7 Å². The number of aryl methyl sites for hydroxylation is 2. The summed E-state index contributed by atoms with van der Waals surface area (Å²) in [6.45, 7) is 7.23. The molecule has 1 aromatic heterocycles. The van der Waals surface area contributed by atoms with Crippen molar-refractivity contribution in [3.8, 4) is 0 Å². The topological polar surface area (TPSA) is 91.6 Å². The number of rotatable bonds is 6. The third-order valence-corrected chi connectivity index (χ3v) is 6.79. The number of hydrogen-bond acceptors (Lipinski definition) is 4. The van der Waals surface area contributed by atoms with Crippen LogP contribution in [0.15, 0.2) is 4.99 Å². The minimum Gasteiger partial charge on any atom is -0.357 e. The summed E-state index contributed by atoms with van der Waals surface area (Å²) < 4.78 is 63.3. The number of aromatic nitrogens is 2. The van der Waals surface area contributed by atoms with Gasteiger partial charge in [-0.25, -0.2) is 13.4 Å². The van der Waals surface area contributed by atoms with Gasteiger partial charge in [0.25, 0.3) is 0 Å². The molecule has 2 rings (SSSR count). The standard InChI is InChI=1S/C17H29F3N6O2S.HI/c1-5-21-16(23-11-15-12(2)24-25(4)13(15)3)22-10-14-6-8-26(9-7-14)29(27,28)17(18,19)20;/h14H,5-11H2,1-4H3,(H2,21,22,23);1H. The van der Waals surface area contributed by atoms with Crippen LogP contribution in [-0.2, 0) is 23.6 Å². The van der Waals surface area contributed by atoms with Crippen LogP contribution < -0.4 is 10.6 Å². The van der Waals surface area contributed by atoms with Gasteiger partial charge in [0.2, 0.25) is 0 Å². The number of halogens is 4. The van der Waals surface area contributed by atoms with Crippen molar-refractivity contribution in [1.82, 2.24) is 24.7 Å². The Balaban J connectivity index is 0.00000450. The van der Waals surface area contributed by atoms with Crippen molar-refractivity contribution in [2.24, 2.45) is 18.0 Å². The Kier molecular flexibility index (Phi) is 9.86. The van der Waals surface area contributed by atoms with E-state index >= 15 is 0 Å². The Bertz CT molecular complexity index is 833. The Morgan fingerprint density at radius 3 is 2.30 bits per heavy atom. The predicted molar refractivity (Wildman–Crippen MR) is 120 cm³/mol. The lowest BCUT2D eigenvalue weighted by atomic mass is 9.98. The van der Waals surface area contributed by atoms with Gasteiger partial charge in [0, 0.05) is 44.5 Å². The van der Waals surface area contributed by atoms with Gasteiger partial charge in [-0.05, 0) is 39.5 Å². The van der Waals surface area contributed by atoms with Crippen molar-refractivity contribution in [2.75, 3.05) is 26.2 Å². The fraction of sp³-hybridized carbons (Fsp3) is 0.765. The normalized spacial score (nSPS) is 17.0. The van der Waals surface area contributed by atoms with Crippen LogP contribution in [0.3, 0.4) is 0 Å². The number of nitrogens with one attached hydrogen (secondary N) is 2. The van der Waals surface area contributed by atoms with Crippen LogP contribution in [0, 0.1) is 19.8 Å². The molecule has 0 aliphatic carbocycles. The Labute approximate surface area is 192 Å². The second kappa shape index (κ2) is 11.0. The van der Waals surface area contributed by atoms with E-state index in [1.807, 2.05) is 32.5 Å². The maximum absolute atomic E-state index is 12.7. The van der Waals surface area contributed by atoms with Crippen LogP contribution in [0.1, 0.15) is 36.7 Å². The number of nitrogens with zero attached hydrogens (tertiary/aromatic N) is 4. The molecule has 174 valence electrons. The summed E-state index contributed by atoms with van der Waals surface area (Å²) >= 11 is 0. The third-order valence-electron chi connectivity index (χ3n) is 5.16. The van der Waals surface area contributed by atoms with Crippen molar-refractivity contribution in [3.05, 3.63) is 17.0 Å². The summed E-state index contributed by atoms with van der Waals surface area (Å²) in [5.41, 5.74) is -2.23. The first-order chi connectivity index (χ1) is 13.5. The van der Waals surface area contributed by atoms with Crippen LogP contribution in [-0.4, -0.2) is 60.2 Å². The Hall–Kier alpha value is -1.09. The van der Waals surface area contributed by atoms with Crippen molar-refractivity contribution in [1.29, 1.82) is 0 Å². The quantitative estimate of drug-likeness (QED) is 0.314. The van der Waals surface area contributed by atoms with E-state index in [9.17, 15) is 21.6 Å². The molecular formula is C17H30F3IN6O2S. The van der Waals surface area contributed by atoms with Crippen LogP contribution in [0.5, 0.6) is 0 Å². The second-order valence-electron chi connectivity index (χ2n) is 7.14. The van der Waals surface area contributed by atoms with Gasteiger partial charge in [-0.15, -0.1) is 24.0 Å². The highest BCUT2D eigenvalue weighted by atomic mass is 127. The first kappa shape index (κ1) is 26.9. The van der Waals surface area contributed by atoms with Crippen LogP contribution in [0.25, 0.3) is 0 Å². The highest BCUT2D eigenvalue weighted by Gasteiger charge is 2.50. The monoisotopic (exact) mass is 566 g/mol. The minimum atomic E-state index is -5.24. The molecule has 1 aromatic rings. The Morgan fingerprint density at radius 2 is 1.83 bits per heavy atom. The second-order valence-corrected chi connectivity index (χ2v) is 9.07. The van der Waals surface area contributed by atoms with E-state index in [2.05, 4.69) is 20.7 Å². The molecule has 0 spiro atoms. The van der Waals surface area contributed by atoms with Gasteiger partial charge in [-0.3, -0.25) is 4.68 Å². The molecule has 8 nitrogen and oxygen atoms in total. The summed E-state index contributed by atoms with van der Waals surface area (Å²) in [5.74, 6) is 0.681. The van der Waals surface area contributed by atoms with Gasteiger partial charge in [-0.1, -0.05) is 0 Å². The van der Waals surface area contributed by atoms with E-state index in [1.54, 1.807) is 0 Å². The predicted octanol–water partition coefficient (Wildman–Crippen LogP) is 2.27. The van der Waals surface area contributed by atoms with Gasteiger partial charge >= 0.3 is 15.5 Å². The van der Waals surface area contributed by atoms with Crippen LogP contribution in [0.2, 0.25) is 0 Å². The van der Waals surface area contributed by atoms with Gasteiger partial charge in [0.1, 0.15) is 0 Å². The molecule has 1 saturated heterocycles. The zero-order chi connectivity index (χ0) is 21.8. The lowest BCUT2D eigenvalue weighted by Crippen LogP contribution is -2.47. The van der Waals surface area contributed by atoms with E-state index in [-0.39, 0.29) is 43.0 Å². The molecule has 1 aliphatic heterocycles. The number of sulfonamides is 1. The van der Waals surface area contributed by atoms with E-state index in [0.717, 1.165) is 17.0 Å². The summed E-state index contributed by atoms with van der Waals surface area (Å²) in [4.78, 5) is 4.58. The van der Waals surface area contributed by atoms with Gasteiger partial charge in [0.05, 0.1) is 12.2 Å². The summed E-state index contributed by atoms with van der Waals surface area (Å²) in [6.07, 6.45) is 0.727. The smallest absolute Gasteiger partial charge is 0.357 e. The molecule has 2 N–H and O–H groups in total. The molecule has 0 amide bonds. The van der Waals surface area contributed by atoms with E-state index in [1.165, 1.54) is 0 Å². The maximum Gasteiger partial charge on any atom is 0.511 e. The SMILES string of the molecule is CCNC(=NCc1c(C)nn(C)c1C)NCC1CCN(S(=O)(=O)C(F)(F)F)CC1.I. The minimum absolute atomic E-state index is 0. The summed E-state index contributed by atoms with van der Waals surface area (Å²) in [6, 6.07) is 0. The zero-order valence-electron chi connectivity index (χ0n) is 17.6. The van der Waals surface area contributed by atoms with Crippen molar-refractivity contribution < 1.29 is 21.6 Å². The highest BCUT2D eigenvalue weighted by Crippen LogP contribution is 2.30. The van der Waals surface area contributed by atoms with Crippen LogP contribution in [0.4, 0.5) is 13.2 Å². The molecule has 30 heavy (non-hydrogen) atoms. The molecule has 0 radical (unpaired) electrons. The van der Waals surface area contributed by atoms with Gasteiger partial charge < -0.3 is 10.6 Å². The average molecular weight is 566 g/mol. The fourth-order valence-electron chi connectivity index (χ4n) is 3.29. The summed E-state index contributed by atoms with van der Waals surface area (Å²) in [7, 11) is -3.36. The van der Waals surface area contributed by atoms with Crippen LogP contribution >= 0.6 is 24.0 Å². The molecule has 0 bridgehead atoms. The zero-order valence-corrected chi connectivity index (χ0v) is 20.7. The average Bonchev–Trinajstić information content (AvgIpc) is 2.89. The van der Waals surface area contributed by atoms with Crippen molar-refractivity contribution in [2.45, 2.75) is 45.7 Å². The number of hydrogen-bond donors (Lipinski definition) is 2. The number of aliphatic imine (C=N–C) groups is 1. The lowest BCUT2D eigenvalue weighted by molar-refractivity contribution is -0.0496. The van der Waals surface area contributed by atoms with Crippen molar-refractivity contribution >= 4 is 40.0 Å². The first-order valence-electron chi connectivity index (χ1n) is 9.55. The Morgan fingerprint density at radius 1 is 1.23 bits per heavy atom. The maximum atomic E-state index is 12.7. The molecule has 0 aromatic carbocycles. The molecule has 2 heterocycles. The molecular weight excluding hydrogens is 536 g/mol. The molecule has 0 unspecified atom stereocenters. The summed E-state index contributed by atoms with van der Waals surface area (Å²) in [5, 5.41) is 10.7. The number of alkyl halides is 3. The lowest BCUT2D eigenvalue weighted by Gasteiger charge is -2.31. The van der Waals surface area contributed by atoms with E-state index in [4.69, 9.17) is 0 Å². The third kappa shape index (κ3) is 6.45. The fourth-order valence-corrected chi connectivity index (χ4v) is 4.27. The largest absolute Gasteiger partial charge is 0.511 e. The number of guanidine groups is 1. The van der Waals surface area contributed by atoms with Gasteiger partial charge in [-0.2, -0.15) is 22.6 Å². The highest BCUT2D eigenvalue weighted by molar-refractivity contribution is 14.0. The first-order valence-corrected chi connectivity index (χ1v) is 11.0. The van der Waals surface area contributed by atoms with Crippen molar-refractivity contribution in [3.63, 3.8) is 0 Å². The van der Waals surface area contributed by atoms with Gasteiger partial charge in [0.15, 0.2) is 5.96 Å². The molecule has 13 heteroatoms. The molecule has 1 aliphatic rings.